The van der Waals surface area contributed by atoms with Gasteiger partial charge in [-0.05, 0) is 30.7 Å². The first-order chi connectivity index (χ1) is 11.4. The van der Waals surface area contributed by atoms with E-state index in [1.165, 1.54) is 29.2 Å². The summed E-state index contributed by atoms with van der Waals surface area (Å²) in [4.78, 5) is 37.7. The number of benzene rings is 1. The van der Waals surface area contributed by atoms with Crippen LogP contribution in [0.2, 0.25) is 0 Å². The molecule has 24 heavy (non-hydrogen) atoms. The van der Waals surface area contributed by atoms with E-state index in [1.807, 2.05) is 0 Å². The van der Waals surface area contributed by atoms with Crippen LogP contribution in [0.3, 0.4) is 0 Å². The van der Waals surface area contributed by atoms with Crippen molar-refractivity contribution in [1.82, 2.24) is 5.32 Å². The number of ether oxygens (including phenoxy) is 1. The lowest BCUT2D eigenvalue weighted by atomic mass is 9.97. The Bertz CT molecular complexity index is 670. The standard InChI is InChI=1S/C16H17FN2O5/c17-10-1-3-11(4-2-10)19-7-5-12(14(19)21)13(20)18-16(15(22)23)6-8-24-9-16/h1-4,12H,5-9H2,(H,18,20)(H,22,23). The Balaban J connectivity index is 1.71. The van der Waals surface area contributed by atoms with Crippen molar-refractivity contribution in [2.45, 2.75) is 18.4 Å². The molecule has 2 N–H and O–H groups in total. The summed E-state index contributed by atoms with van der Waals surface area (Å²) in [6, 6.07) is 5.42. The quantitative estimate of drug-likeness (QED) is 0.783. The van der Waals surface area contributed by atoms with Crippen LogP contribution in [0.5, 0.6) is 0 Å². The number of amides is 2. The van der Waals surface area contributed by atoms with Gasteiger partial charge in [0.2, 0.25) is 11.8 Å². The highest BCUT2D eigenvalue weighted by atomic mass is 19.1. The summed E-state index contributed by atoms with van der Waals surface area (Å²) in [7, 11) is 0. The second kappa shape index (κ2) is 6.20. The molecule has 128 valence electrons. The van der Waals surface area contributed by atoms with Gasteiger partial charge in [0.15, 0.2) is 5.54 Å². The molecule has 0 aromatic heterocycles. The van der Waals surface area contributed by atoms with E-state index in [2.05, 4.69) is 5.32 Å². The fourth-order valence-electron chi connectivity index (χ4n) is 3.01. The van der Waals surface area contributed by atoms with Crippen LogP contribution in [0.25, 0.3) is 0 Å². The summed E-state index contributed by atoms with van der Waals surface area (Å²) in [5, 5.41) is 11.8. The van der Waals surface area contributed by atoms with Crippen LogP contribution >= 0.6 is 0 Å². The summed E-state index contributed by atoms with van der Waals surface area (Å²) in [5.74, 6) is -3.57. The molecule has 7 nitrogen and oxygen atoms in total. The SMILES string of the molecule is O=C(NC1(C(=O)O)CCOC1)C1CCN(c2ccc(F)cc2)C1=O. The van der Waals surface area contributed by atoms with E-state index in [0.717, 1.165) is 0 Å². The summed E-state index contributed by atoms with van der Waals surface area (Å²) in [5.41, 5.74) is -0.963. The number of carbonyl (C=O) groups excluding carboxylic acids is 2. The molecule has 2 atom stereocenters. The Hall–Kier alpha value is -2.48. The molecule has 0 saturated carbocycles. The van der Waals surface area contributed by atoms with Gasteiger partial charge in [-0.3, -0.25) is 9.59 Å². The number of hydrogen-bond acceptors (Lipinski definition) is 4. The number of carboxylic acids is 1. The molecule has 1 aromatic rings. The fourth-order valence-corrected chi connectivity index (χ4v) is 3.01. The van der Waals surface area contributed by atoms with Crippen LogP contribution in [0.1, 0.15) is 12.8 Å². The highest BCUT2D eigenvalue weighted by Crippen LogP contribution is 2.27. The van der Waals surface area contributed by atoms with Crippen molar-refractivity contribution in [2.75, 3.05) is 24.7 Å². The van der Waals surface area contributed by atoms with Gasteiger partial charge < -0.3 is 20.1 Å². The van der Waals surface area contributed by atoms with Gasteiger partial charge in [-0.25, -0.2) is 9.18 Å². The number of nitrogens with zero attached hydrogens (tertiary/aromatic N) is 1. The molecule has 0 spiro atoms. The molecule has 0 radical (unpaired) electrons. The average Bonchev–Trinajstić information content (AvgIpc) is 3.16. The van der Waals surface area contributed by atoms with E-state index in [1.54, 1.807) is 0 Å². The summed E-state index contributed by atoms with van der Waals surface area (Å²) in [6.07, 6.45) is 0.440. The third-order valence-corrected chi connectivity index (χ3v) is 4.45. The Labute approximate surface area is 137 Å². The third kappa shape index (κ3) is 2.84. The van der Waals surface area contributed by atoms with Gasteiger partial charge in [-0.15, -0.1) is 0 Å². The maximum atomic E-state index is 13.0. The van der Waals surface area contributed by atoms with Gasteiger partial charge in [0.05, 0.1) is 6.61 Å². The molecule has 0 aliphatic carbocycles. The topological polar surface area (TPSA) is 95.9 Å². The summed E-state index contributed by atoms with van der Waals surface area (Å²) < 4.78 is 18.1. The Morgan fingerprint density at radius 3 is 2.62 bits per heavy atom. The molecule has 2 aliphatic heterocycles. The normalized spacial score (nSPS) is 26.6. The highest BCUT2D eigenvalue weighted by Gasteiger charge is 2.47. The van der Waals surface area contributed by atoms with E-state index < -0.39 is 35.1 Å². The molecule has 0 bridgehead atoms. The fraction of sp³-hybridized carbons (Fsp3) is 0.438. The van der Waals surface area contributed by atoms with Crippen molar-refractivity contribution < 1.29 is 28.6 Å². The van der Waals surface area contributed by atoms with Gasteiger partial charge in [0, 0.05) is 25.3 Å². The van der Waals surface area contributed by atoms with Crippen LogP contribution in [-0.4, -0.2) is 48.2 Å². The highest BCUT2D eigenvalue weighted by molar-refractivity contribution is 6.10. The molecule has 2 unspecified atom stereocenters. The number of rotatable bonds is 4. The lowest BCUT2D eigenvalue weighted by Gasteiger charge is -2.25. The second-order valence-electron chi connectivity index (χ2n) is 5.99. The second-order valence-corrected chi connectivity index (χ2v) is 5.99. The van der Waals surface area contributed by atoms with E-state index in [0.29, 0.717) is 12.2 Å². The Kier molecular flexibility index (Phi) is 4.23. The molecule has 1 aromatic carbocycles. The Morgan fingerprint density at radius 1 is 1.33 bits per heavy atom. The van der Waals surface area contributed by atoms with Gasteiger partial charge in [0.1, 0.15) is 11.7 Å². The van der Waals surface area contributed by atoms with Gasteiger partial charge in [0.25, 0.3) is 0 Å². The van der Waals surface area contributed by atoms with Crippen molar-refractivity contribution in [3.63, 3.8) is 0 Å². The molecule has 3 rings (SSSR count). The number of hydrogen-bond donors (Lipinski definition) is 2. The average molecular weight is 336 g/mol. The van der Waals surface area contributed by atoms with Crippen LogP contribution in [0, 0.1) is 11.7 Å². The third-order valence-electron chi connectivity index (χ3n) is 4.45. The first-order valence-corrected chi connectivity index (χ1v) is 7.63. The number of carboxylic acid groups (broad SMARTS) is 1. The van der Waals surface area contributed by atoms with Crippen LogP contribution in [0.15, 0.2) is 24.3 Å². The molecule has 2 fully saturated rings. The molecular formula is C16H17FN2O5. The predicted octanol–water partition coefficient (Wildman–Crippen LogP) is 0.538. The zero-order valence-corrected chi connectivity index (χ0v) is 12.8. The minimum atomic E-state index is -1.47. The lowest BCUT2D eigenvalue weighted by molar-refractivity contribution is -0.149. The first kappa shape index (κ1) is 16.4. The number of nitrogens with one attached hydrogen (secondary N) is 1. The maximum Gasteiger partial charge on any atom is 0.331 e. The molecular weight excluding hydrogens is 319 g/mol. The number of aliphatic carboxylic acids is 1. The minimum absolute atomic E-state index is 0.114. The van der Waals surface area contributed by atoms with Crippen LogP contribution in [0.4, 0.5) is 10.1 Å². The largest absolute Gasteiger partial charge is 0.479 e. The van der Waals surface area contributed by atoms with Crippen LogP contribution in [-0.2, 0) is 19.1 Å². The van der Waals surface area contributed by atoms with Gasteiger partial charge >= 0.3 is 5.97 Å². The number of anilines is 1. The van der Waals surface area contributed by atoms with Crippen molar-refractivity contribution in [3.8, 4) is 0 Å². The molecule has 2 heterocycles. The van der Waals surface area contributed by atoms with E-state index in [4.69, 9.17) is 4.74 Å². The zero-order valence-electron chi connectivity index (χ0n) is 12.8. The van der Waals surface area contributed by atoms with E-state index in [9.17, 15) is 23.9 Å². The molecule has 2 aliphatic rings. The summed E-state index contributed by atoms with van der Waals surface area (Å²) in [6.45, 7) is 0.447. The van der Waals surface area contributed by atoms with Crippen molar-refractivity contribution in [3.05, 3.63) is 30.1 Å². The summed E-state index contributed by atoms with van der Waals surface area (Å²) >= 11 is 0. The maximum absolute atomic E-state index is 13.0. The van der Waals surface area contributed by atoms with Crippen molar-refractivity contribution >= 4 is 23.5 Å². The number of carbonyl (C=O) groups is 3. The smallest absolute Gasteiger partial charge is 0.331 e. The van der Waals surface area contributed by atoms with Gasteiger partial charge in [-0.2, -0.15) is 0 Å². The molecule has 2 saturated heterocycles. The Morgan fingerprint density at radius 2 is 2.04 bits per heavy atom. The van der Waals surface area contributed by atoms with E-state index >= 15 is 0 Å². The predicted molar refractivity (Wildman–Crippen MR) is 80.8 cm³/mol. The minimum Gasteiger partial charge on any atom is -0.479 e. The molecule has 8 heteroatoms. The van der Waals surface area contributed by atoms with Crippen LogP contribution < -0.4 is 10.2 Å². The first-order valence-electron chi connectivity index (χ1n) is 7.63. The van der Waals surface area contributed by atoms with Gasteiger partial charge in [-0.1, -0.05) is 0 Å². The van der Waals surface area contributed by atoms with Crippen molar-refractivity contribution in [2.24, 2.45) is 5.92 Å². The zero-order chi connectivity index (χ0) is 17.3. The molecule has 2 amide bonds. The van der Waals surface area contributed by atoms with Crippen molar-refractivity contribution in [1.29, 1.82) is 0 Å². The van der Waals surface area contributed by atoms with E-state index in [-0.39, 0.29) is 26.1 Å². The number of halogens is 1. The lowest BCUT2D eigenvalue weighted by Crippen LogP contribution is -2.57. The monoisotopic (exact) mass is 336 g/mol.